The Labute approximate surface area is 205 Å². The van der Waals surface area contributed by atoms with E-state index in [4.69, 9.17) is 0 Å². The van der Waals surface area contributed by atoms with Crippen LogP contribution in [0.5, 0.6) is 0 Å². The zero-order valence-corrected chi connectivity index (χ0v) is 19.3. The van der Waals surface area contributed by atoms with E-state index in [0.717, 1.165) is 50.8 Å². The van der Waals surface area contributed by atoms with Gasteiger partial charge in [0.2, 0.25) is 5.91 Å². The molecule has 0 saturated heterocycles. The number of aryl methyl sites for hydroxylation is 1. The smallest absolute Gasteiger partial charge is 0.230 e. The van der Waals surface area contributed by atoms with E-state index in [1.807, 2.05) is 66.2 Å². The van der Waals surface area contributed by atoms with Crippen LogP contribution in [-0.4, -0.2) is 45.6 Å². The summed E-state index contributed by atoms with van der Waals surface area (Å²) < 4.78 is 1.88. The molecule has 0 spiro atoms. The van der Waals surface area contributed by atoms with Gasteiger partial charge in [0.05, 0.1) is 23.2 Å². The molecule has 6 rings (SSSR count). The molecular formula is C26H21N9O. The second kappa shape index (κ2) is 8.91. The Morgan fingerprint density at radius 2 is 1.94 bits per heavy atom. The molecule has 0 aliphatic heterocycles. The molecular weight excluding hydrogens is 454 g/mol. The number of amides is 1. The average Bonchev–Trinajstić information content (AvgIpc) is 3.64. The maximum atomic E-state index is 12.6. The van der Waals surface area contributed by atoms with Gasteiger partial charge in [-0.3, -0.25) is 19.4 Å². The third kappa shape index (κ3) is 4.23. The van der Waals surface area contributed by atoms with Crippen LogP contribution in [0.15, 0.2) is 79.8 Å². The highest BCUT2D eigenvalue weighted by Crippen LogP contribution is 2.27. The van der Waals surface area contributed by atoms with Crippen molar-refractivity contribution in [2.24, 2.45) is 0 Å². The second-order valence-electron chi connectivity index (χ2n) is 8.39. The van der Waals surface area contributed by atoms with Crippen molar-refractivity contribution in [3.05, 3.63) is 91.2 Å². The minimum Gasteiger partial charge on any atom is -0.339 e. The second-order valence-corrected chi connectivity index (χ2v) is 8.39. The highest BCUT2D eigenvalue weighted by Gasteiger charge is 2.12. The molecule has 10 heteroatoms. The van der Waals surface area contributed by atoms with Crippen molar-refractivity contribution in [3.63, 3.8) is 0 Å². The zero-order chi connectivity index (χ0) is 24.5. The number of anilines is 1. The van der Waals surface area contributed by atoms with Crippen LogP contribution in [0.4, 0.5) is 5.69 Å². The van der Waals surface area contributed by atoms with Crippen LogP contribution < -0.4 is 5.32 Å². The molecule has 0 aliphatic carbocycles. The maximum Gasteiger partial charge on any atom is 0.230 e. The first kappa shape index (κ1) is 21.4. The van der Waals surface area contributed by atoms with Gasteiger partial charge in [0.1, 0.15) is 18.3 Å². The normalized spacial score (nSPS) is 11.1. The van der Waals surface area contributed by atoms with Crippen LogP contribution in [0.25, 0.3) is 39.4 Å². The molecule has 1 amide bonds. The van der Waals surface area contributed by atoms with Gasteiger partial charge in [0.25, 0.3) is 0 Å². The lowest BCUT2D eigenvalue weighted by molar-refractivity contribution is -0.115. The van der Waals surface area contributed by atoms with Crippen molar-refractivity contribution < 1.29 is 4.79 Å². The average molecular weight is 476 g/mol. The number of carbonyl (C=O) groups excluding carboxylic acids is 1. The van der Waals surface area contributed by atoms with Gasteiger partial charge >= 0.3 is 0 Å². The number of rotatable bonds is 6. The van der Waals surface area contributed by atoms with Crippen LogP contribution in [0.1, 0.15) is 11.4 Å². The molecule has 5 aromatic heterocycles. The number of hydrogen-bond acceptors (Lipinski definition) is 6. The summed E-state index contributed by atoms with van der Waals surface area (Å²) in [6.07, 6.45) is 8.83. The topological polar surface area (TPSA) is 130 Å². The van der Waals surface area contributed by atoms with Gasteiger partial charge in [0, 0.05) is 41.2 Å². The van der Waals surface area contributed by atoms with Gasteiger partial charge in [-0.2, -0.15) is 5.10 Å². The predicted octanol–water partition coefficient (Wildman–Crippen LogP) is 4.09. The van der Waals surface area contributed by atoms with Crippen molar-refractivity contribution in [3.8, 4) is 28.3 Å². The van der Waals surface area contributed by atoms with Crippen molar-refractivity contribution in [2.75, 3.05) is 5.32 Å². The summed E-state index contributed by atoms with van der Waals surface area (Å²) in [6.45, 7) is 1.94. The van der Waals surface area contributed by atoms with E-state index < -0.39 is 0 Å². The summed E-state index contributed by atoms with van der Waals surface area (Å²) in [6, 6.07) is 15.3. The molecule has 5 heterocycles. The zero-order valence-electron chi connectivity index (χ0n) is 19.3. The van der Waals surface area contributed by atoms with E-state index in [-0.39, 0.29) is 12.3 Å². The third-order valence-electron chi connectivity index (χ3n) is 5.78. The highest BCUT2D eigenvalue weighted by atomic mass is 16.1. The molecule has 0 bridgehead atoms. The monoisotopic (exact) mass is 475 g/mol. The number of carbonyl (C=O) groups is 1. The predicted molar refractivity (Wildman–Crippen MR) is 135 cm³/mol. The van der Waals surface area contributed by atoms with Gasteiger partial charge in [-0.1, -0.05) is 12.1 Å². The van der Waals surface area contributed by atoms with E-state index in [0.29, 0.717) is 5.69 Å². The van der Waals surface area contributed by atoms with Crippen molar-refractivity contribution in [2.45, 2.75) is 13.3 Å². The lowest BCUT2D eigenvalue weighted by atomic mass is 10.1. The molecule has 6 aromatic rings. The summed E-state index contributed by atoms with van der Waals surface area (Å²) in [4.78, 5) is 33.1. The minimum atomic E-state index is -0.134. The summed E-state index contributed by atoms with van der Waals surface area (Å²) in [5.41, 5.74) is 6.61. The number of benzene rings is 1. The Morgan fingerprint density at radius 1 is 1.06 bits per heavy atom. The first-order chi connectivity index (χ1) is 17.6. The first-order valence-corrected chi connectivity index (χ1v) is 11.3. The standard InChI is InChI=1S/C26H21N9O/c1-16-13-35(15-30-16)26-21-11-22(32-25(21)28-14-29-26)17-4-6-19(7-5-17)31-24(36)10-20-9-23(34-33-20)18-3-2-8-27-12-18/h2-9,11-15H,10H2,1H3,(H,31,36)(H,33,34)(H,28,29,32). The summed E-state index contributed by atoms with van der Waals surface area (Å²) in [5.74, 6) is 0.628. The highest BCUT2D eigenvalue weighted by molar-refractivity contribution is 5.93. The fourth-order valence-corrected chi connectivity index (χ4v) is 4.05. The van der Waals surface area contributed by atoms with E-state index in [1.165, 1.54) is 6.33 Å². The molecule has 176 valence electrons. The van der Waals surface area contributed by atoms with E-state index >= 15 is 0 Å². The number of hydrogen-bond donors (Lipinski definition) is 3. The number of aromatic nitrogens is 8. The minimum absolute atomic E-state index is 0.134. The lowest BCUT2D eigenvalue weighted by Gasteiger charge is -2.05. The molecule has 0 aliphatic rings. The fraction of sp³-hybridized carbons (Fsp3) is 0.0769. The molecule has 10 nitrogen and oxygen atoms in total. The molecule has 3 N–H and O–H groups in total. The number of aromatic amines is 2. The molecule has 1 aromatic carbocycles. The Bertz CT molecular complexity index is 1660. The quantitative estimate of drug-likeness (QED) is 0.333. The van der Waals surface area contributed by atoms with Gasteiger partial charge in [-0.05, 0) is 48.9 Å². The van der Waals surface area contributed by atoms with Crippen LogP contribution in [0, 0.1) is 6.92 Å². The van der Waals surface area contributed by atoms with Gasteiger partial charge in [-0.15, -0.1) is 0 Å². The summed E-state index contributed by atoms with van der Waals surface area (Å²) in [7, 11) is 0. The Hall–Kier alpha value is -5.12. The molecule has 0 atom stereocenters. The molecule has 0 saturated carbocycles. The number of nitrogens with zero attached hydrogens (tertiary/aromatic N) is 6. The molecule has 36 heavy (non-hydrogen) atoms. The first-order valence-electron chi connectivity index (χ1n) is 11.3. The number of fused-ring (bicyclic) bond motifs is 1. The fourth-order valence-electron chi connectivity index (χ4n) is 4.05. The van der Waals surface area contributed by atoms with Crippen LogP contribution in [0.3, 0.4) is 0 Å². The Balaban J connectivity index is 1.16. The third-order valence-corrected chi connectivity index (χ3v) is 5.78. The van der Waals surface area contributed by atoms with Gasteiger partial charge in [-0.25, -0.2) is 15.0 Å². The van der Waals surface area contributed by atoms with E-state index in [9.17, 15) is 4.79 Å². The van der Waals surface area contributed by atoms with Crippen LogP contribution in [-0.2, 0) is 11.2 Å². The van der Waals surface area contributed by atoms with Crippen LogP contribution in [0.2, 0.25) is 0 Å². The summed E-state index contributed by atoms with van der Waals surface area (Å²) >= 11 is 0. The largest absolute Gasteiger partial charge is 0.339 e. The Kier molecular flexibility index (Phi) is 5.30. The molecule has 0 radical (unpaired) electrons. The number of imidazole rings is 1. The van der Waals surface area contributed by atoms with Crippen molar-refractivity contribution >= 4 is 22.6 Å². The number of pyridine rings is 1. The SMILES string of the molecule is Cc1cn(-c2ncnc3[nH]c(-c4ccc(NC(=O)Cc5cc(-c6cccnc6)n[nH]5)cc4)cc23)cn1. The molecule has 0 fully saturated rings. The van der Waals surface area contributed by atoms with Gasteiger partial charge in [0.15, 0.2) is 5.82 Å². The molecule has 0 unspecified atom stereocenters. The van der Waals surface area contributed by atoms with Crippen LogP contribution >= 0.6 is 0 Å². The lowest BCUT2D eigenvalue weighted by Crippen LogP contribution is -2.14. The maximum absolute atomic E-state index is 12.6. The van der Waals surface area contributed by atoms with Crippen molar-refractivity contribution in [1.29, 1.82) is 0 Å². The Morgan fingerprint density at radius 3 is 2.72 bits per heavy atom. The van der Waals surface area contributed by atoms with E-state index in [1.54, 1.807) is 18.7 Å². The van der Waals surface area contributed by atoms with Gasteiger partial charge < -0.3 is 10.3 Å². The van der Waals surface area contributed by atoms with E-state index in [2.05, 4.69) is 40.4 Å². The summed E-state index contributed by atoms with van der Waals surface area (Å²) in [5, 5.41) is 11.0. The number of nitrogens with one attached hydrogen (secondary N) is 3. The van der Waals surface area contributed by atoms with Crippen molar-refractivity contribution in [1.82, 2.24) is 39.7 Å². The number of H-pyrrole nitrogens is 2.